The third-order valence-electron chi connectivity index (χ3n) is 5.92. The second-order valence-corrected chi connectivity index (χ2v) is 9.43. The molecule has 5 atom stereocenters. The van der Waals surface area contributed by atoms with Gasteiger partial charge in [0.05, 0.1) is 18.8 Å². The molecule has 29 heavy (non-hydrogen) atoms. The van der Waals surface area contributed by atoms with Crippen molar-refractivity contribution in [3.05, 3.63) is 39.8 Å². The van der Waals surface area contributed by atoms with Gasteiger partial charge in [-0.25, -0.2) is 9.78 Å². The van der Waals surface area contributed by atoms with Gasteiger partial charge in [0.15, 0.2) is 5.69 Å². The van der Waals surface area contributed by atoms with Gasteiger partial charge >= 0.3 is 5.97 Å². The second kappa shape index (κ2) is 8.63. The number of aromatic carboxylic acids is 1. The largest absolute Gasteiger partial charge is 0.493 e. The third kappa shape index (κ3) is 4.30. The Bertz CT molecular complexity index is 886. The number of carboxylic acid groups (broad SMARTS) is 1. The molecular formula is C21H25NO5S2. The van der Waals surface area contributed by atoms with Crippen LogP contribution in [0.2, 0.25) is 0 Å². The van der Waals surface area contributed by atoms with Crippen molar-refractivity contribution in [2.45, 2.75) is 49.4 Å². The molecule has 8 heteroatoms. The van der Waals surface area contributed by atoms with Gasteiger partial charge in [-0.05, 0) is 55.7 Å². The number of aliphatic hydroxyl groups excluding tert-OH is 1. The van der Waals surface area contributed by atoms with Crippen LogP contribution in [0.3, 0.4) is 0 Å². The summed E-state index contributed by atoms with van der Waals surface area (Å²) in [5, 5.41) is 21.9. The van der Waals surface area contributed by atoms with E-state index in [1.165, 1.54) is 21.8 Å². The predicted molar refractivity (Wildman–Crippen MR) is 112 cm³/mol. The van der Waals surface area contributed by atoms with Gasteiger partial charge in [0.25, 0.3) is 0 Å². The van der Waals surface area contributed by atoms with Gasteiger partial charge in [-0.1, -0.05) is 0 Å². The first kappa shape index (κ1) is 20.7. The number of aliphatic hydroxyl groups is 1. The number of aryl methyl sites for hydroxylation is 1. The van der Waals surface area contributed by atoms with E-state index in [-0.39, 0.29) is 29.7 Å². The fraction of sp³-hybridized carbons (Fsp3) is 0.524. The topological polar surface area (TPSA) is 88.9 Å². The van der Waals surface area contributed by atoms with E-state index in [1.54, 1.807) is 17.1 Å². The maximum atomic E-state index is 11.1. The van der Waals surface area contributed by atoms with Crippen molar-refractivity contribution in [1.82, 2.24) is 4.98 Å². The molecule has 0 bridgehead atoms. The Morgan fingerprint density at radius 1 is 1.41 bits per heavy atom. The van der Waals surface area contributed by atoms with Crippen molar-refractivity contribution in [1.29, 1.82) is 0 Å². The number of hydrogen-bond donors (Lipinski definition) is 2. The summed E-state index contributed by atoms with van der Waals surface area (Å²) >= 11 is 3.04. The van der Waals surface area contributed by atoms with Crippen LogP contribution in [0.4, 0.5) is 0 Å². The summed E-state index contributed by atoms with van der Waals surface area (Å²) in [6, 6.07) is 6.09. The minimum absolute atomic E-state index is 0.0346. The van der Waals surface area contributed by atoms with E-state index in [2.05, 4.69) is 24.2 Å². The number of rotatable bonds is 6. The lowest BCUT2D eigenvalue weighted by Gasteiger charge is -2.33. The van der Waals surface area contributed by atoms with E-state index in [0.29, 0.717) is 18.0 Å². The number of benzene rings is 1. The van der Waals surface area contributed by atoms with Crippen LogP contribution in [-0.2, 0) is 4.74 Å². The lowest BCUT2D eigenvalue weighted by molar-refractivity contribution is -0.0811. The summed E-state index contributed by atoms with van der Waals surface area (Å²) in [4.78, 5) is 16.5. The molecule has 0 radical (unpaired) electrons. The fourth-order valence-corrected chi connectivity index (χ4v) is 5.86. The maximum Gasteiger partial charge on any atom is 0.355 e. The Hall–Kier alpha value is -1.61. The zero-order valence-corrected chi connectivity index (χ0v) is 18.0. The SMILES string of the molecule is CSc1ccc(OC[C@@H]2[C@H]3CC[C@H](c4nc(C(=O)O)cs4)O[C@H]3C[C@@H]2O)cc1C. The lowest BCUT2D eigenvalue weighted by atomic mass is 9.87. The molecule has 1 aliphatic carbocycles. The Balaban J connectivity index is 1.38. The van der Waals surface area contributed by atoms with Crippen LogP contribution in [-0.4, -0.2) is 46.2 Å². The van der Waals surface area contributed by atoms with Crippen molar-refractivity contribution < 1.29 is 24.5 Å². The van der Waals surface area contributed by atoms with Gasteiger partial charge in [0.2, 0.25) is 0 Å². The standard InChI is InChI=1S/C21H25NO5S2/c1-11-7-12(3-6-19(11)28-2)26-9-14-13-4-5-17(27-18(13)8-16(14)23)20-22-15(10-29-20)21(24)25/h3,6-7,10,13-14,16-18,23H,4-5,8-9H2,1-2H3,(H,24,25)/t13-,14-,16+,17-,18+/m1/s1. The van der Waals surface area contributed by atoms with E-state index in [1.807, 2.05) is 12.1 Å². The van der Waals surface area contributed by atoms with Gasteiger partial charge < -0.3 is 19.7 Å². The average Bonchev–Trinajstić information content (AvgIpc) is 3.30. The number of thiazole rings is 1. The molecule has 1 saturated carbocycles. The van der Waals surface area contributed by atoms with Crippen LogP contribution in [0.15, 0.2) is 28.5 Å². The molecule has 2 aromatic rings. The van der Waals surface area contributed by atoms with E-state index >= 15 is 0 Å². The quantitative estimate of drug-likeness (QED) is 0.658. The van der Waals surface area contributed by atoms with Crippen LogP contribution in [0, 0.1) is 18.8 Å². The molecule has 2 fully saturated rings. The molecule has 156 valence electrons. The van der Waals surface area contributed by atoms with E-state index in [9.17, 15) is 9.90 Å². The zero-order valence-electron chi connectivity index (χ0n) is 16.4. The van der Waals surface area contributed by atoms with Gasteiger partial charge in [0.1, 0.15) is 16.9 Å². The number of ether oxygens (including phenoxy) is 2. The first-order valence-electron chi connectivity index (χ1n) is 9.76. The number of fused-ring (bicyclic) bond motifs is 1. The van der Waals surface area contributed by atoms with Gasteiger partial charge in [0, 0.05) is 22.6 Å². The van der Waals surface area contributed by atoms with Crippen LogP contribution < -0.4 is 4.74 Å². The Labute approximate surface area is 178 Å². The summed E-state index contributed by atoms with van der Waals surface area (Å²) in [6.07, 6.45) is 3.63. The molecule has 1 aromatic carbocycles. The summed E-state index contributed by atoms with van der Waals surface area (Å²) in [5.41, 5.74) is 1.25. The zero-order chi connectivity index (χ0) is 20.5. The molecule has 6 nitrogen and oxygen atoms in total. The molecule has 4 rings (SSSR count). The highest BCUT2D eigenvalue weighted by Crippen LogP contribution is 2.46. The molecule has 1 aromatic heterocycles. The van der Waals surface area contributed by atoms with Crippen molar-refractivity contribution in [3.8, 4) is 5.75 Å². The molecule has 2 aliphatic rings. The summed E-state index contributed by atoms with van der Waals surface area (Å²) in [7, 11) is 0. The minimum Gasteiger partial charge on any atom is -0.493 e. The fourth-order valence-electron chi connectivity index (χ4n) is 4.41. The van der Waals surface area contributed by atoms with E-state index in [0.717, 1.165) is 18.6 Å². The number of aromatic nitrogens is 1. The molecule has 0 unspecified atom stereocenters. The molecule has 1 saturated heterocycles. The highest BCUT2D eigenvalue weighted by atomic mass is 32.2. The van der Waals surface area contributed by atoms with Crippen LogP contribution in [0.5, 0.6) is 5.75 Å². The smallest absolute Gasteiger partial charge is 0.355 e. The van der Waals surface area contributed by atoms with Crippen molar-refractivity contribution in [3.63, 3.8) is 0 Å². The van der Waals surface area contributed by atoms with E-state index < -0.39 is 12.1 Å². The third-order valence-corrected chi connectivity index (χ3v) is 7.76. The number of hydrogen-bond acceptors (Lipinski definition) is 7. The van der Waals surface area contributed by atoms with Crippen LogP contribution in [0.25, 0.3) is 0 Å². The predicted octanol–water partition coefficient (Wildman–Crippen LogP) is 4.17. The monoisotopic (exact) mass is 435 g/mol. The normalized spacial score (nSPS) is 28.9. The highest BCUT2D eigenvalue weighted by molar-refractivity contribution is 7.98. The number of carbonyl (C=O) groups is 1. The van der Waals surface area contributed by atoms with Crippen molar-refractivity contribution in [2.75, 3.05) is 12.9 Å². The second-order valence-electron chi connectivity index (χ2n) is 7.69. The number of nitrogens with zero attached hydrogens (tertiary/aromatic N) is 1. The molecule has 0 amide bonds. The van der Waals surface area contributed by atoms with Crippen molar-refractivity contribution >= 4 is 29.1 Å². The Morgan fingerprint density at radius 2 is 2.24 bits per heavy atom. The summed E-state index contributed by atoms with van der Waals surface area (Å²) < 4.78 is 12.3. The summed E-state index contributed by atoms with van der Waals surface area (Å²) in [5.74, 6) is 0.0871. The highest BCUT2D eigenvalue weighted by Gasteiger charge is 2.47. The molecule has 2 heterocycles. The Kier molecular flexibility index (Phi) is 6.15. The molecule has 2 N–H and O–H groups in total. The minimum atomic E-state index is -1.02. The van der Waals surface area contributed by atoms with Gasteiger partial charge in [-0.15, -0.1) is 23.1 Å². The van der Waals surface area contributed by atoms with Crippen LogP contribution in [0.1, 0.15) is 46.4 Å². The van der Waals surface area contributed by atoms with E-state index in [4.69, 9.17) is 14.6 Å². The van der Waals surface area contributed by atoms with Crippen molar-refractivity contribution in [2.24, 2.45) is 11.8 Å². The summed E-state index contributed by atoms with van der Waals surface area (Å²) in [6.45, 7) is 2.54. The van der Waals surface area contributed by atoms with Crippen LogP contribution >= 0.6 is 23.1 Å². The lowest BCUT2D eigenvalue weighted by Crippen LogP contribution is -2.33. The first-order valence-corrected chi connectivity index (χ1v) is 11.9. The Morgan fingerprint density at radius 3 is 2.93 bits per heavy atom. The molecule has 1 aliphatic heterocycles. The average molecular weight is 436 g/mol. The van der Waals surface area contributed by atoms with Gasteiger partial charge in [-0.3, -0.25) is 0 Å². The molecule has 0 spiro atoms. The molecular weight excluding hydrogens is 410 g/mol. The first-order chi connectivity index (χ1) is 14.0. The van der Waals surface area contributed by atoms with Gasteiger partial charge in [-0.2, -0.15) is 0 Å². The number of thioether (sulfide) groups is 1. The number of carboxylic acids is 1. The maximum absolute atomic E-state index is 11.1.